The van der Waals surface area contributed by atoms with Gasteiger partial charge in [-0.3, -0.25) is 4.79 Å². The summed E-state index contributed by atoms with van der Waals surface area (Å²) in [6, 6.07) is 7.79. The number of nitrogens with zero attached hydrogens (tertiary/aromatic N) is 1. The predicted octanol–water partition coefficient (Wildman–Crippen LogP) is 2.61. The molecule has 0 bridgehead atoms. The highest BCUT2D eigenvalue weighted by Crippen LogP contribution is 2.17. The topological polar surface area (TPSA) is 69.6 Å². The Bertz CT molecular complexity index is 516. The largest absolute Gasteiger partial charge is 0.465 e. The van der Waals surface area contributed by atoms with E-state index in [1.165, 1.54) is 0 Å². The summed E-state index contributed by atoms with van der Waals surface area (Å²) in [6.07, 6.45) is -1.19. The van der Waals surface area contributed by atoms with Crippen molar-refractivity contribution in [1.29, 1.82) is 0 Å². The summed E-state index contributed by atoms with van der Waals surface area (Å²) in [7, 11) is 0. The first-order valence-electron chi connectivity index (χ1n) is 5.94. The molecular formula is C13H14N2O3S2. The maximum absolute atomic E-state index is 12.1. The molecule has 5 nitrogen and oxygen atoms in total. The van der Waals surface area contributed by atoms with E-state index >= 15 is 0 Å². The molecule has 0 unspecified atom stereocenters. The van der Waals surface area contributed by atoms with E-state index in [2.05, 4.69) is 5.32 Å². The molecule has 20 heavy (non-hydrogen) atoms. The molecule has 2 aromatic heterocycles. The number of amides is 2. The van der Waals surface area contributed by atoms with E-state index < -0.39 is 6.09 Å². The molecule has 0 saturated heterocycles. The van der Waals surface area contributed by atoms with Gasteiger partial charge in [0.2, 0.25) is 5.91 Å². The van der Waals surface area contributed by atoms with Crippen LogP contribution in [0.25, 0.3) is 0 Å². The molecule has 7 heteroatoms. The number of carbonyl (C=O) groups excluding carboxylic acids is 1. The van der Waals surface area contributed by atoms with E-state index in [4.69, 9.17) is 5.11 Å². The molecule has 0 aliphatic carbocycles. The van der Waals surface area contributed by atoms with Crippen LogP contribution in [-0.2, 0) is 17.9 Å². The summed E-state index contributed by atoms with van der Waals surface area (Å²) >= 11 is 3.16. The van der Waals surface area contributed by atoms with Crippen LogP contribution >= 0.6 is 22.7 Å². The summed E-state index contributed by atoms with van der Waals surface area (Å²) in [5.74, 6) is -0.228. The zero-order chi connectivity index (χ0) is 14.4. The minimum atomic E-state index is -1.19. The average Bonchev–Trinajstić information content (AvgIpc) is 3.08. The minimum Gasteiger partial charge on any atom is -0.465 e. The maximum atomic E-state index is 12.1. The Labute approximate surface area is 124 Å². The van der Waals surface area contributed by atoms with Gasteiger partial charge in [0.15, 0.2) is 0 Å². The monoisotopic (exact) mass is 310 g/mol. The van der Waals surface area contributed by atoms with Gasteiger partial charge in [-0.05, 0) is 22.9 Å². The number of hydrogen-bond acceptors (Lipinski definition) is 4. The molecular weight excluding hydrogens is 296 g/mol. The minimum absolute atomic E-state index is 0.202. The molecule has 2 amide bonds. The van der Waals surface area contributed by atoms with Crippen molar-refractivity contribution in [2.45, 2.75) is 13.1 Å². The van der Waals surface area contributed by atoms with Crippen LogP contribution in [-0.4, -0.2) is 28.6 Å². The third kappa shape index (κ3) is 4.36. The summed E-state index contributed by atoms with van der Waals surface area (Å²) in [6.45, 7) is 0.789. The summed E-state index contributed by atoms with van der Waals surface area (Å²) in [5.41, 5.74) is 0. The zero-order valence-electron chi connectivity index (χ0n) is 10.6. The maximum Gasteiger partial charge on any atom is 0.405 e. The Hall–Kier alpha value is -1.86. The van der Waals surface area contributed by atoms with Crippen LogP contribution in [0.15, 0.2) is 35.0 Å². The smallest absolute Gasteiger partial charge is 0.405 e. The summed E-state index contributed by atoms with van der Waals surface area (Å²) in [4.78, 5) is 26.4. The average molecular weight is 310 g/mol. The van der Waals surface area contributed by atoms with Gasteiger partial charge in [-0.1, -0.05) is 12.1 Å². The van der Waals surface area contributed by atoms with Gasteiger partial charge in [-0.2, -0.15) is 0 Å². The van der Waals surface area contributed by atoms with E-state index in [0.29, 0.717) is 13.1 Å². The van der Waals surface area contributed by atoms with Gasteiger partial charge in [-0.25, -0.2) is 4.79 Å². The molecule has 2 heterocycles. The lowest BCUT2D eigenvalue weighted by molar-refractivity contribution is -0.131. The molecule has 0 aliphatic heterocycles. The van der Waals surface area contributed by atoms with Crippen LogP contribution in [0.3, 0.4) is 0 Å². The van der Waals surface area contributed by atoms with E-state index in [1.807, 2.05) is 35.0 Å². The molecule has 106 valence electrons. The second kappa shape index (κ2) is 7.06. The number of rotatable bonds is 6. The first-order chi connectivity index (χ1) is 9.65. The number of nitrogens with one attached hydrogen (secondary N) is 1. The van der Waals surface area contributed by atoms with Crippen molar-refractivity contribution in [2.24, 2.45) is 0 Å². The fourth-order valence-corrected chi connectivity index (χ4v) is 3.12. The lowest BCUT2D eigenvalue weighted by atomic mass is 10.3. The Kier molecular flexibility index (Phi) is 5.14. The summed E-state index contributed by atoms with van der Waals surface area (Å²) < 4.78 is 0. The van der Waals surface area contributed by atoms with Gasteiger partial charge in [0, 0.05) is 9.75 Å². The molecule has 0 atom stereocenters. The SMILES string of the molecule is O=C(O)NCC(=O)N(Cc1cccs1)Cc1cccs1. The van der Waals surface area contributed by atoms with Crippen molar-refractivity contribution in [3.63, 3.8) is 0 Å². The molecule has 0 fully saturated rings. The van der Waals surface area contributed by atoms with Crippen LogP contribution in [0.4, 0.5) is 4.79 Å². The van der Waals surface area contributed by atoms with Crippen molar-refractivity contribution >= 4 is 34.7 Å². The third-order valence-corrected chi connectivity index (χ3v) is 4.32. The van der Waals surface area contributed by atoms with Gasteiger partial charge in [0.25, 0.3) is 0 Å². The Morgan fingerprint density at radius 2 is 1.65 bits per heavy atom. The highest BCUT2D eigenvalue weighted by molar-refractivity contribution is 7.10. The quantitative estimate of drug-likeness (QED) is 0.861. The van der Waals surface area contributed by atoms with Crippen molar-refractivity contribution in [3.05, 3.63) is 44.8 Å². The van der Waals surface area contributed by atoms with Crippen molar-refractivity contribution in [2.75, 3.05) is 6.54 Å². The first kappa shape index (κ1) is 14.5. The molecule has 0 saturated carbocycles. The van der Waals surface area contributed by atoms with Gasteiger partial charge in [0.05, 0.1) is 13.1 Å². The Morgan fingerprint density at radius 3 is 2.05 bits per heavy atom. The predicted molar refractivity (Wildman–Crippen MR) is 78.9 cm³/mol. The van der Waals surface area contributed by atoms with Gasteiger partial charge >= 0.3 is 6.09 Å². The Morgan fingerprint density at radius 1 is 1.10 bits per heavy atom. The van der Waals surface area contributed by atoms with Crippen molar-refractivity contribution in [3.8, 4) is 0 Å². The fourth-order valence-electron chi connectivity index (χ4n) is 1.68. The third-order valence-electron chi connectivity index (χ3n) is 2.60. The van der Waals surface area contributed by atoms with E-state index in [-0.39, 0.29) is 12.5 Å². The van der Waals surface area contributed by atoms with Crippen LogP contribution < -0.4 is 5.32 Å². The standard InChI is InChI=1S/C13H14N2O3S2/c16-12(7-14-13(17)18)15(8-10-3-1-5-19-10)9-11-4-2-6-20-11/h1-6,14H,7-9H2,(H,17,18). The van der Waals surface area contributed by atoms with Gasteiger partial charge in [0.1, 0.15) is 6.54 Å². The summed E-state index contributed by atoms with van der Waals surface area (Å²) in [5, 5.41) is 14.6. The lowest BCUT2D eigenvalue weighted by Crippen LogP contribution is -2.38. The molecule has 2 N–H and O–H groups in total. The molecule has 2 aromatic rings. The zero-order valence-corrected chi connectivity index (χ0v) is 12.2. The fraction of sp³-hybridized carbons (Fsp3) is 0.231. The molecule has 2 rings (SSSR count). The van der Waals surface area contributed by atoms with Crippen LogP contribution in [0.2, 0.25) is 0 Å². The van der Waals surface area contributed by atoms with Crippen LogP contribution in [0.1, 0.15) is 9.75 Å². The Balaban J connectivity index is 2.02. The highest BCUT2D eigenvalue weighted by atomic mass is 32.1. The van der Waals surface area contributed by atoms with E-state index in [0.717, 1.165) is 9.75 Å². The van der Waals surface area contributed by atoms with Crippen LogP contribution in [0.5, 0.6) is 0 Å². The van der Waals surface area contributed by atoms with E-state index in [9.17, 15) is 9.59 Å². The van der Waals surface area contributed by atoms with Gasteiger partial charge < -0.3 is 15.3 Å². The first-order valence-corrected chi connectivity index (χ1v) is 7.70. The lowest BCUT2D eigenvalue weighted by Gasteiger charge is -2.21. The van der Waals surface area contributed by atoms with Crippen molar-refractivity contribution < 1.29 is 14.7 Å². The number of carboxylic acid groups (broad SMARTS) is 1. The number of thiophene rings is 2. The van der Waals surface area contributed by atoms with Crippen LogP contribution in [0, 0.1) is 0 Å². The van der Waals surface area contributed by atoms with Crippen molar-refractivity contribution in [1.82, 2.24) is 10.2 Å². The molecule has 0 spiro atoms. The number of carbonyl (C=O) groups is 2. The highest BCUT2D eigenvalue weighted by Gasteiger charge is 2.16. The van der Waals surface area contributed by atoms with E-state index in [1.54, 1.807) is 27.6 Å². The second-order valence-corrected chi connectivity index (χ2v) is 6.13. The number of hydrogen-bond donors (Lipinski definition) is 2. The van der Waals surface area contributed by atoms with Gasteiger partial charge in [-0.15, -0.1) is 22.7 Å². The molecule has 0 aliphatic rings. The molecule has 0 radical (unpaired) electrons. The molecule has 0 aromatic carbocycles. The second-order valence-electron chi connectivity index (χ2n) is 4.07. The normalized spacial score (nSPS) is 10.2.